The maximum absolute atomic E-state index is 13.3. The van der Waals surface area contributed by atoms with E-state index in [2.05, 4.69) is 5.43 Å². The molecule has 0 spiro atoms. The van der Waals surface area contributed by atoms with Crippen LogP contribution in [0.3, 0.4) is 0 Å². The summed E-state index contributed by atoms with van der Waals surface area (Å²) in [6.45, 7) is 0. The van der Waals surface area contributed by atoms with Crippen molar-refractivity contribution < 1.29 is 19.2 Å². The molecule has 1 rings (SSSR count). The van der Waals surface area contributed by atoms with Crippen LogP contribution in [0.5, 0.6) is 0 Å². The van der Waals surface area contributed by atoms with Gasteiger partial charge in [0.15, 0.2) is 0 Å². The average Bonchev–Trinajstić information content (AvgIpc) is 2.18. The largest absolute Gasteiger partial charge is 0.478 e. The standard InChI is InChI=1S/C9H10FN3O4/c1-12(2)11-7-3-5(9(14)15)6(10)4-8(7)13(16)17/h3-4,11H,1-2H3,(H,14,15). The van der Waals surface area contributed by atoms with Crippen molar-refractivity contribution in [2.24, 2.45) is 0 Å². The molecule has 0 saturated heterocycles. The van der Waals surface area contributed by atoms with Crippen molar-refractivity contribution in [3.8, 4) is 0 Å². The number of hydrogen-bond donors (Lipinski definition) is 2. The highest BCUT2D eigenvalue weighted by Crippen LogP contribution is 2.27. The Bertz CT molecular complexity index is 476. The van der Waals surface area contributed by atoms with Gasteiger partial charge in [-0.15, -0.1) is 0 Å². The number of hydrogen-bond acceptors (Lipinski definition) is 5. The van der Waals surface area contributed by atoms with Crippen molar-refractivity contribution in [2.45, 2.75) is 0 Å². The van der Waals surface area contributed by atoms with E-state index in [1.807, 2.05) is 0 Å². The Kier molecular flexibility index (Phi) is 3.59. The van der Waals surface area contributed by atoms with Crippen molar-refractivity contribution >= 4 is 17.3 Å². The lowest BCUT2D eigenvalue weighted by atomic mass is 10.1. The zero-order valence-electron chi connectivity index (χ0n) is 9.10. The van der Waals surface area contributed by atoms with Gasteiger partial charge in [0, 0.05) is 14.1 Å². The summed E-state index contributed by atoms with van der Waals surface area (Å²) in [5.41, 5.74) is 1.30. The maximum atomic E-state index is 13.3. The Labute approximate surface area is 95.6 Å². The van der Waals surface area contributed by atoms with Crippen LogP contribution in [-0.2, 0) is 0 Å². The summed E-state index contributed by atoms with van der Waals surface area (Å²) >= 11 is 0. The highest BCUT2D eigenvalue weighted by molar-refractivity contribution is 5.90. The molecular formula is C9H10FN3O4. The summed E-state index contributed by atoms with van der Waals surface area (Å²) in [5.74, 6) is -2.63. The first-order chi connectivity index (χ1) is 7.82. The molecule has 0 aromatic heterocycles. The molecule has 2 N–H and O–H groups in total. The Morgan fingerprint density at radius 2 is 2.12 bits per heavy atom. The molecule has 0 aliphatic heterocycles. The Morgan fingerprint density at radius 1 is 1.53 bits per heavy atom. The van der Waals surface area contributed by atoms with Gasteiger partial charge in [-0.05, 0) is 6.07 Å². The van der Waals surface area contributed by atoms with Gasteiger partial charge in [0.05, 0.1) is 16.6 Å². The van der Waals surface area contributed by atoms with E-state index in [0.717, 1.165) is 6.07 Å². The number of carbonyl (C=O) groups is 1. The number of nitro groups is 1. The number of nitrogens with zero attached hydrogens (tertiary/aromatic N) is 2. The maximum Gasteiger partial charge on any atom is 0.338 e. The molecular weight excluding hydrogens is 233 g/mol. The number of hydrazine groups is 1. The average molecular weight is 243 g/mol. The van der Waals surface area contributed by atoms with Crippen LogP contribution in [0.4, 0.5) is 15.8 Å². The molecule has 0 aliphatic rings. The molecule has 1 aromatic rings. The van der Waals surface area contributed by atoms with E-state index in [4.69, 9.17) is 5.11 Å². The van der Waals surface area contributed by atoms with Crippen molar-refractivity contribution in [2.75, 3.05) is 19.5 Å². The topological polar surface area (TPSA) is 95.7 Å². The van der Waals surface area contributed by atoms with Crippen LogP contribution < -0.4 is 5.43 Å². The lowest BCUT2D eigenvalue weighted by Gasteiger charge is -2.14. The van der Waals surface area contributed by atoms with Crippen LogP contribution in [0.1, 0.15) is 10.4 Å². The number of carboxylic acids is 1. The van der Waals surface area contributed by atoms with Crippen molar-refractivity contribution in [3.05, 3.63) is 33.6 Å². The lowest BCUT2D eigenvalue weighted by Crippen LogP contribution is -2.21. The highest BCUT2D eigenvalue weighted by Gasteiger charge is 2.21. The van der Waals surface area contributed by atoms with Gasteiger partial charge >= 0.3 is 5.97 Å². The molecule has 0 heterocycles. The minimum atomic E-state index is -1.49. The molecule has 0 saturated carbocycles. The van der Waals surface area contributed by atoms with Crippen LogP contribution in [0, 0.1) is 15.9 Å². The number of carboxylic acid groups (broad SMARTS) is 1. The minimum Gasteiger partial charge on any atom is -0.478 e. The predicted octanol–water partition coefficient (Wildman–Crippen LogP) is 1.32. The third kappa shape index (κ3) is 2.88. The zero-order valence-corrected chi connectivity index (χ0v) is 9.10. The Morgan fingerprint density at radius 3 is 2.53 bits per heavy atom. The smallest absolute Gasteiger partial charge is 0.338 e. The Balaban J connectivity index is 3.36. The Hall–Kier alpha value is -2.22. The molecule has 0 fully saturated rings. The second kappa shape index (κ2) is 4.74. The fourth-order valence-corrected chi connectivity index (χ4v) is 1.21. The summed E-state index contributed by atoms with van der Waals surface area (Å²) < 4.78 is 13.3. The predicted molar refractivity (Wildman–Crippen MR) is 57.3 cm³/mol. The molecule has 17 heavy (non-hydrogen) atoms. The van der Waals surface area contributed by atoms with Crippen LogP contribution in [0.25, 0.3) is 0 Å². The molecule has 0 radical (unpaired) electrons. The van der Waals surface area contributed by atoms with E-state index in [9.17, 15) is 19.3 Å². The van der Waals surface area contributed by atoms with Crippen LogP contribution in [-0.4, -0.2) is 35.1 Å². The van der Waals surface area contributed by atoms with Crippen LogP contribution in [0.2, 0.25) is 0 Å². The lowest BCUT2D eigenvalue weighted by molar-refractivity contribution is -0.384. The zero-order chi connectivity index (χ0) is 13.2. The molecule has 0 amide bonds. The van der Waals surface area contributed by atoms with Gasteiger partial charge in [-0.3, -0.25) is 10.1 Å². The first kappa shape index (κ1) is 12.8. The van der Waals surface area contributed by atoms with Crippen LogP contribution >= 0.6 is 0 Å². The molecule has 0 atom stereocenters. The van der Waals surface area contributed by atoms with Gasteiger partial charge in [-0.2, -0.15) is 0 Å². The number of benzene rings is 1. The van der Waals surface area contributed by atoms with E-state index in [1.165, 1.54) is 5.01 Å². The summed E-state index contributed by atoms with van der Waals surface area (Å²) in [7, 11) is 3.13. The van der Waals surface area contributed by atoms with Gasteiger partial charge in [-0.25, -0.2) is 14.2 Å². The molecule has 7 nitrogen and oxygen atoms in total. The van der Waals surface area contributed by atoms with Gasteiger partial charge in [0.1, 0.15) is 11.5 Å². The number of halogens is 1. The SMILES string of the molecule is CN(C)Nc1cc(C(=O)O)c(F)cc1[N+](=O)[O-]. The molecule has 0 aliphatic carbocycles. The number of anilines is 1. The summed E-state index contributed by atoms with van der Waals surface area (Å²) in [4.78, 5) is 20.6. The summed E-state index contributed by atoms with van der Waals surface area (Å²) in [5, 5.41) is 20.8. The third-order valence-electron chi connectivity index (χ3n) is 1.86. The van der Waals surface area contributed by atoms with Crippen molar-refractivity contribution in [1.82, 2.24) is 5.01 Å². The minimum absolute atomic E-state index is 0.0844. The second-order valence-corrected chi connectivity index (χ2v) is 3.42. The van der Waals surface area contributed by atoms with E-state index < -0.39 is 28.0 Å². The normalized spacial score (nSPS) is 10.4. The second-order valence-electron chi connectivity index (χ2n) is 3.42. The van der Waals surface area contributed by atoms with Gasteiger partial charge < -0.3 is 10.5 Å². The molecule has 8 heteroatoms. The van der Waals surface area contributed by atoms with Gasteiger partial charge in [0.25, 0.3) is 5.69 Å². The first-order valence-electron chi connectivity index (χ1n) is 4.48. The number of aromatic carboxylic acids is 1. The van der Waals surface area contributed by atoms with E-state index in [0.29, 0.717) is 6.07 Å². The van der Waals surface area contributed by atoms with Gasteiger partial charge in [0.2, 0.25) is 0 Å². The number of nitro benzene ring substituents is 1. The highest BCUT2D eigenvalue weighted by atomic mass is 19.1. The summed E-state index contributed by atoms with van der Waals surface area (Å²) in [6.07, 6.45) is 0. The van der Waals surface area contributed by atoms with Crippen molar-refractivity contribution in [1.29, 1.82) is 0 Å². The third-order valence-corrected chi connectivity index (χ3v) is 1.86. The molecule has 0 unspecified atom stereocenters. The van der Waals surface area contributed by atoms with E-state index in [1.54, 1.807) is 14.1 Å². The van der Waals surface area contributed by atoms with E-state index in [-0.39, 0.29) is 5.69 Å². The first-order valence-corrected chi connectivity index (χ1v) is 4.48. The van der Waals surface area contributed by atoms with E-state index >= 15 is 0 Å². The van der Waals surface area contributed by atoms with Crippen molar-refractivity contribution in [3.63, 3.8) is 0 Å². The number of nitrogens with one attached hydrogen (secondary N) is 1. The van der Waals surface area contributed by atoms with Crippen LogP contribution in [0.15, 0.2) is 12.1 Å². The van der Waals surface area contributed by atoms with Gasteiger partial charge in [-0.1, -0.05) is 0 Å². The molecule has 1 aromatic carbocycles. The summed E-state index contributed by atoms with van der Waals surface area (Å²) in [6, 6.07) is 1.46. The molecule has 0 bridgehead atoms. The fraction of sp³-hybridized carbons (Fsp3) is 0.222. The fourth-order valence-electron chi connectivity index (χ4n) is 1.21. The molecule has 92 valence electrons. The monoisotopic (exact) mass is 243 g/mol. The number of rotatable bonds is 4. The quantitative estimate of drug-likeness (QED) is 0.611.